The molecule has 0 fully saturated rings. The first-order valence-electron chi connectivity index (χ1n) is 7.94. The highest BCUT2D eigenvalue weighted by atomic mass is 79.9. The van der Waals surface area contributed by atoms with Gasteiger partial charge in [-0.25, -0.2) is 4.79 Å². The molecule has 1 atom stereocenters. The van der Waals surface area contributed by atoms with Gasteiger partial charge in [0, 0.05) is 4.47 Å². The molecule has 0 saturated carbocycles. The molecule has 0 aliphatic carbocycles. The normalized spacial score (nSPS) is 11.2. The first-order chi connectivity index (χ1) is 12.4. The van der Waals surface area contributed by atoms with E-state index < -0.39 is 12.1 Å². The molecule has 6 nitrogen and oxygen atoms in total. The lowest BCUT2D eigenvalue weighted by Gasteiger charge is -2.14. The number of oxime groups is 1. The van der Waals surface area contributed by atoms with Crippen LogP contribution in [0.3, 0.4) is 0 Å². The summed E-state index contributed by atoms with van der Waals surface area (Å²) in [5, 5.41) is 3.67. The topological polar surface area (TPSA) is 66.4 Å². The van der Waals surface area contributed by atoms with Gasteiger partial charge in [-0.15, -0.1) is 0 Å². The number of esters is 1. The van der Waals surface area contributed by atoms with Crippen molar-refractivity contribution in [1.82, 2.24) is 0 Å². The molecule has 2 aromatic rings. The van der Waals surface area contributed by atoms with Crippen LogP contribution >= 0.6 is 15.9 Å². The average Bonchev–Trinajstić information content (AvgIpc) is 2.62. The number of rotatable bonds is 8. The summed E-state index contributed by atoms with van der Waals surface area (Å²) in [5.41, 5.74) is 0.732. The number of ether oxygens (including phenoxy) is 3. The van der Waals surface area contributed by atoms with E-state index in [-0.39, 0.29) is 6.79 Å². The summed E-state index contributed by atoms with van der Waals surface area (Å²) in [6.07, 6.45) is -0.774. The second kappa shape index (κ2) is 9.82. The maximum atomic E-state index is 11.8. The SMILES string of the molecule is CC(C)=NOCOC(=O)C(C)Oc1ccc(Oc2ccc(Br)cc2)cc1. The first kappa shape index (κ1) is 19.8. The van der Waals surface area contributed by atoms with E-state index in [0.717, 1.165) is 15.9 Å². The molecular weight excluding hydrogens is 402 g/mol. The van der Waals surface area contributed by atoms with Gasteiger partial charge in [-0.3, -0.25) is 0 Å². The number of carbonyl (C=O) groups is 1. The van der Waals surface area contributed by atoms with Crippen LogP contribution in [0.1, 0.15) is 20.8 Å². The number of carbonyl (C=O) groups excluding carboxylic acids is 1. The predicted molar refractivity (Wildman–Crippen MR) is 102 cm³/mol. The molecule has 0 amide bonds. The zero-order valence-electron chi connectivity index (χ0n) is 14.8. The lowest BCUT2D eigenvalue weighted by molar-refractivity contribution is -0.163. The molecule has 0 radical (unpaired) electrons. The summed E-state index contributed by atoms with van der Waals surface area (Å²) in [6.45, 7) is 4.90. The molecule has 2 aromatic carbocycles. The van der Waals surface area contributed by atoms with E-state index in [9.17, 15) is 4.79 Å². The Balaban J connectivity index is 1.83. The van der Waals surface area contributed by atoms with Crippen LogP contribution in [0.25, 0.3) is 0 Å². The van der Waals surface area contributed by atoms with Gasteiger partial charge in [0.1, 0.15) is 17.2 Å². The lowest BCUT2D eigenvalue weighted by atomic mass is 10.3. The highest BCUT2D eigenvalue weighted by Gasteiger charge is 2.16. The third-order valence-electron chi connectivity index (χ3n) is 3.02. The van der Waals surface area contributed by atoms with Crippen LogP contribution in [0.4, 0.5) is 0 Å². The first-order valence-corrected chi connectivity index (χ1v) is 8.73. The molecule has 26 heavy (non-hydrogen) atoms. The van der Waals surface area contributed by atoms with Gasteiger partial charge in [-0.05, 0) is 69.3 Å². The highest BCUT2D eigenvalue weighted by molar-refractivity contribution is 9.10. The van der Waals surface area contributed by atoms with Crippen molar-refractivity contribution >= 4 is 27.6 Å². The smallest absolute Gasteiger partial charge is 0.349 e. The zero-order chi connectivity index (χ0) is 18.9. The van der Waals surface area contributed by atoms with Gasteiger partial charge in [0.2, 0.25) is 0 Å². The van der Waals surface area contributed by atoms with Gasteiger partial charge < -0.3 is 19.0 Å². The minimum atomic E-state index is -0.774. The van der Waals surface area contributed by atoms with Crippen molar-refractivity contribution in [3.63, 3.8) is 0 Å². The van der Waals surface area contributed by atoms with Crippen LogP contribution in [0.15, 0.2) is 58.2 Å². The largest absolute Gasteiger partial charge is 0.479 e. The molecule has 2 rings (SSSR count). The van der Waals surface area contributed by atoms with E-state index in [1.165, 1.54) is 0 Å². The number of benzene rings is 2. The maximum Gasteiger partial charge on any atom is 0.349 e. The Kier molecular flexibility index (Phi) is 7.47. The summed E-state index contributed by atoms with van der Waals surface area (Å²) in [5.74, 6) is 1.38. The molecule has 0 spiro atoms. The summed E-state index contributed by atoms with van der Waals surface area (Å²) in [4.78, 5) is 16.6. The summed E-state index contributed by atoms with van der Waals surface area (Å²) >= 11 is 3.38. The fourth-order valence-electron chi connectivity index (χ4n) is 1.83. The van der Waals surface area contributed by atoms with Gasteiger partial charge >= 0.3 is 5.97 Å². The van der Waals surface area contributed by atoms with Crippen LogP contribution in [0, 0.1) is 0 Å². The third kappa shape index (κ3) is 6.76. The Morgan fingerprint density at radius 1 is 1.00 bits per heavy atom. The van der Waals surface area contributed by atoms with Gasteiger partial charge in [0.05, 0.1) is 5.71 Å². The zero-order valence-corrected chi connectivity index (χ0v) is 16.4. The molecule has 0 aliphatic heterocycles. The molecular formula is C19H20BrNO5. The van der Waals surface area contributed by atoms with Gasteiger partial charge in [0.25, 0.3) is 6.79 Å². The maximum absolute atomic E-state index is 11.8. The minimum Gasteiger partial charge on any atom is -0.479 e. The Labute approximate surface area is 160 Å². The van der Waals surface area contributed by atoms with Crippen LogP contribution in [0.5, 0.6) is 17.2 Å². The van der Waals surface area contributed by atoms with Gasteiger partial charge in [0.15, 0.2) is 6.10 Å². The monoisotopic (exact) mass is 421 g/mol. The quantitative estimate of drug-likeness (QED) is 0.199. The van der Waals surface area contributed by atoms with E-state index >= 15 is 0 Å². The van der Waals surface area contributed by atoms with E-state index in [0.29, 0.717) is 11.5 Å². The summed E-state index contributed by atoms with van der Waals surface area (Å²) in [7, 11) is 0. The van der Waals surface area contributed by atoms with E-state index in [1.807, 2.05) is 24.3 Å². The fraction of sp³-hybridized carbons (Fsp3) is 0.263. The molecule has 0 heterocycles. The number of nitrogens with zero attached hydrogens (tertiary/aromatic N) is 1. The minimum absolute atomic E-state index is 0.252. The molecule has 0 saturated heterocycles. The van der Waals surface area contributed by atoms with Crippen molar-refractivity contribution in [1.29, 1.82) is 0 Å². The molecule has 0 bridgehead atoms. The van der Waals surface area contributed by atoms with E-state index in [2.05, 4.69) is 21.1 Å². The second-order valence-electron chi connectivity index (χ2n) is 5.54. The van der Waals surface area contributed by atoms with Crippen molar-refractivity contribution in [2.75, 3.05) is 6.79 Å². The summed E-state index contributed by atoms with van der Waals surface area (Å²) < 4.78 is 17.2. The van der Waals surface area contributed by atoms with Crippen molar-refractivity contribution < 1.29 is 23.8 Å². The van der Waals surface area contributed by atoms with Crippen molar-refractivity contribution in [2.45, 2.75) is 26.9 Å². The number of hydrogen-bond acceptors (Lipinski definition) is 6. The number of halogens is 1. The highest BCUT2D eigenvalue weighted by Crippen LogP contribution is 2.25. The number of hydrogen-bond donors (Lipinski definition) is 0. The van der Waals surface area contributed by atoms with E-state index in [4.69, 9.17) is 19.0 Å². The van der Waals surface area contributed by atoms with Crippen LogP contribution in [-0.4, -0.2) is 24.6 Å². The molecule has 7 heteroatoms. The van der Waals surface area contributed by atoms with Crippen LogP contribution in [0.2, 0.25) is 0 Å². The predicted octanol–water partition coefficient (Wildman–Crippen LogP) is 4.92. The second-order valence-corrected chi connectivity index (χ2v) is 6.45. The standard InChI is InChI=1S/C19H20BrNO5/c1-13(2)21-24-12-23-19(22)14(3)25-16-8-10-18(11-9-16)26-17-6-4-15(20)5-7-17/h4-11,14H,12H2,1-3H3. The Morgan fingerprint density at radius 2 is 1.54 bits per heavy atom. The third-order valence-corrected chi connectivity index (χ3v) is 3.55. The summed E-state index contributed by atoms with van der Waals surface area (Å²) in [6, 6.07) is 14.5. The average molecular weight is 422 g/mol. The molecule has 138 valence electrons. The van der Waals surface area contributed by atoms with Crippen molar-refractivity contribution in [3.05, 3.63) is 53.0 Å². The van der Waals surface area contributed by atoms with Crippen LogP contribution < -0.4 is 9.47 Å². The Bertz CT molecular complexity index is 740. The molecule has 0 N–H and O–H groups in total. The van der Waals surface area contributed by atoms with Crippen molar-refractivity contribution in [2.24, 2.45) is 5.16 Å². The van der Waals surface area contributed by atoms with Gasteiger partial charge in [-0.1, -0.05) is 21.1 Å². The molecule has 0 aliphatic rings. The fourth-order valence-corrected chi connectivity index (χ4v) is 2.10. The Hall–Kier alpha value is -2.54. The lowest BCUT2D eigenvalue weighted by Crippen LogP contribution is -2.26. The van der Waals surface area contributed by atoms with Crippen LogP contribution in [-0.2, 0) is 14.4 Å². The molecule has 0 aromatic heterocycles. The Morgan fingerprint density at radius 3 is 2.12 bits per heavy atom. The van der Waals surface area contributed by atoms with E-state index in [1.54, 1.807) is 45.0 Å². The van der Waals surface area contributed by atoms with Crippen molar-refractivity contribution in [3.8, 4) is 17.2 Å². The van der Waals surface area contributed by atoms with Gasteiger partial charge in [-0.2, -0.15) is 0 Å². The molecule has 1 unspecified atom stereocenters.